The van der Waals surface area contributed by atoms with Crippen molar-refractivity contribution in [3.8, 4) is 5.75 Å². The lowest BCUT2D eigenvalue weighted by molar-refractivity contribution is -0.274. The zero-order chi connectivity index (χ0) is 22.7. The zero-order valence-corrected chi connectivity index (χ0v) is 16.8. The maximum Gasteiger partial charge on any atom is 0.573 e. The number of hydrogen-bond acceptors (Lipinski definition) is 3. The van der Waals surface area contributed by atoms with Crippen LogP contribution < -0.4 is 10.1 Å². The number of rotatable bonds is 6. The van der Waals surface area contributed by atoms with Crippen molar-refractivity contribution in [2.45, 2.75) is 25.4 Å². The first-order chi connectivity index (χ1) is 15.3. The minimum Gasteiger partial charge on any atom is -0.406 e. The third kappa shape index (κ3) is 4.91. The van der Waals surface area contributed by atoms with Gasteiger partial charge in [-0.1, -0.05) is 48.5 Å². The second-order valence-corrected chi connectivity index (χ2v) is 7.36. The van der Waals surface area contributed by atoms with E-state index >= 15 is 0 Å². The fourth-order valence-electron chi connectivity index (χ4n) is 3.68. The van der Waals surface area contributed by atoms with Crippen molar-refractivity contribution < 1.29 is 27.5 Å². The van der Waals surface area contributed by atoms with Crippen LogP contribution >= 0.6 is 0 Å². The van der Waals surface area contributed by atoms with E-state index in [1.54, 1.807) is 12.1 Å². The second kappa shape index (κ2) is 8.74. The Morgan fingerprint density at radius 2 is 1.62 bits per heavy atom. The standard InChI is InChI=1S/C24H19F3N2O3/c25-24(26,27)32-19-12-10-18(11-13-19)28-22(30)21(14-16-6-2-1-3-7-16)29-15-17-8-4-5-9-20(17)23(29)31/h1-13,21H,14-15H2,(H,28,30). The number of amides is 2. The highest BCUT2D eigenvalue weighted by Crippen LogP contribution is 2.27. The smallest absolute Gasteiger partial charge is 0.406 e. The van der Waals surface area contributed by atoms with Crippen LogP contribution in [0, 0.1) is 0 Å². The van der Waals surface area contributed by atoms with E-state index in [1.165, 1.54) is 17.0 Å². The Labute approximate surface area is 182 Å². The van der Waals surface area contributed by atoms with E-state index in [1.807, 2.05) is 42.5 Å². The number of benzene rings is 3. The van der Waals surface area contributed by atoms with Gasteiger partial charge in [0, 0.05) is 24.2 Å². The number of halogens is 3. The van der Waals surface area contributed by atoms with Crippen LogP contribution in [0.3, 0.4) is 0 Å². The summed E-state index contributed by atoms with van der Waals surface area (Å²) >= 11 is 0. The lowest BCUT2D eigenvalue weighted by Crippen LogP contribution is -2.45. The Kier molecular flexibility index (Phi) is 5.85. The molecule has 1 aliphatic heterocycles. The predicted molar refractivity (Wildman–Crippen MR) is 112 cm³/mol. The number of nitrogens with one attached hydrogen (secondary N) is 1. The summed E-state index contributed by atoms with van der Waals surface area (Å²) in [5.74, 6) is -1.05. The highest BCUT2D eigenvalue weighted by atomic mass is 19.4. The molecule has 3 aromatic carbocycles. The van der Waals surface area contributed by atoms with Crippen LogP contribution in [-0.4, -0.2) is 29.1 Å². The minimum absolute atomic E-state index is 0.231. The summed E-state index contributed by atoms with van der Waals surface area (Å²) in [6.45, 7) is 0.304. The lowest BCUT2D eigenvalue weighted by atomic mass is 10.0. The Bertz CT molecular complexity index is 1120. The fourth-order valence-corrected chi connectivity index (χ4v) is 3.68. The van der Waals surface area contributed by atoms with Crippen LogP contribution in [0.2, 0.25) is 0 Å². The number of carbonyl (C=O) groups excluding carboxylic acids is 2. The van der Waals surface area contributed by atoms with Crippen LogP contribution in [-0.2, 0) is 17.8 Å². The maximum absolute atomic E-state index is 13.2. The van der Waals surface area contributed by atoms with Crippen LogP contribution in [0.5, 0.6) is 5.75 Å². The number of anilines is 1. The van der Waals surface area contributed by atoms with E-state index in [-0.39, 0.29) is 11.7 Å². The molecule has 8 heteroatoms. The number of hydrogen-bond donors (Lipinski definition) is 1. The number of alkyl halides is 3. The highest BCUT2D eigenvalue weighted by Gasteiger charge is 2.36. The first-order valence-electron chi connectivity index (χ1n) is 9.89. The molecule has 32 heavy (non-hydrogen) atoms. The molecule has 0 fully saturated rings. The van der Waals surface area contributed by atoms with Gasteiger partial charge in [0.25, 0.3) is 5.91 Å². The zero-order valence-electron chi connectivity index (χ0n) is 16.8. The summed E-state index contributed by atoms with van der Waals surface area (Å²) in [5.41, 5.74) is 2.58. The van der Waals surface area contributed by atoms with Crippen LogP contribution in [0.15, 0.2) is 78.9 Å². The van der Waals surface area contributed by atoms with Crippen LogP contribution in [0.1, 0.15) is 21.5 Å². The summed E-state index contributed by atoms with van der Waals surface area (Å²) in [6.07, 6.45) is -4.50. The predicted octanol–water partition coefficient (Wildman–Crippen LogP) is 4.79. The minimum atomic E-state index is -4.79. The van der Waals surface area contributed by atoms with Crippen molar-refractivity contribution >= 4 is 17.5 Å². The van der Waals surface area contributed by atoms with Gasteiger partial charge in [-0.05, 0) is 41.5 Å². The van der Waals surface area contributed by atoms with Crippen molar-refractivity contribution in [1.29, 1.82) is 0 Å². The van der Waals surface area contributed by atoms with Gasteiger partial charge in [-0.25, -0.2) is 0 Å². The Balaban J connectivity index is 1.55. The van der Waals surface area contributed by atoms with E-state index in [0.29, 0.717) is 24.2 Å². The van der Waals surface area contributed by atoms with Crippen molar-refractivity contribution in [2.24, 2.45) is 0 Å². The van der Waals surface area contributed by atoms with E-state index in [9.17, 15) is 22.8 Å². The SMILES string of the molecule is O=C(Nc1ccc(OC(F)(F)F)cc1)C(Cc1ccccc1)N1Cc2ccccc2C1=O. The van der Waals surface area contributed by atoms with Gasteiger partial charge >= 0.3 is 6.36 Å². The first-order valence-corrected chi connectivity index (χ1v) is 9.89. The molecule has 0 saturated carbocycles. The van der Waals surface area contributed by atoms with Gasteiger partial charge in [0.2, 0.25) is 5.91 Å². The molecule has 0 radical (unpaired) electrons. The molecule has 4 rings (SSSR count). The van der Waals surface area contributed by atoms with Gasteiger partial charge in [-0.2, -0.15) is 0 Å². The molecular formula is C24H19F3N2O3. The Morgan fingerprint density at radius 1 is 0.969 bits per heavy atom. The molecule has 0 saturated heterocycles. The summed E-state index contributed by atoms with van der Waals surface area (Å²) in [6, 6.07) is 20.6. The third-order valence-electron chi connectivity index (χ3n) is 5.16. The normalized spacial score (nSPS) is 14.1. The van der Waals surface area contributed by atoms with E-state index in [2.05, 4.69) is 10.1 Å². The molecular weight excluding hydrogens is 421 g/mol. The fraction of sp³-hybridized carbons (Fsp3) is 0.167. The van der Waals surface area contributed by atoms with Gasteiger partial charge in [0.1, 0.15) is 11.8 Å². The molecule has 1 aliphatic rings. The quantitative estimate of drug-likeness (QED) is 0.600. The maximum atomic E-state index is 13.2. The molecule has 0 spiro atoms. The van der Waals surface area contributed by atoms with Gasteiger partial charge in [0.05, 0.1) is 0 Å². The summed E-state index contributed by atoms with van der Waals surface area (Å²) in [5, 5.41) is 2.71. The van der Waals surface area contributed by atoms with E-state index in [0.717, 1.165) is 23.3 Å². The topological polar surface area (TPSA) is 58.6 Å². The van der Waals surface area contributed by atoms with Crippen molar-refractivity contribution in [3.05, 3.63) is 95.6 Å². The van der Waals surface area contributed by atoms with Crippen molar-refractivity contribution in [3.63, 3.8) is 0 Å². The van der Waals surface area contributed by atoms with Gasteiger partial charge in [-0.15, -0.1) is 13.2 Å². The number of fused-ring (bicyclic) bond motifs is 1. The largest absolute Gasteiger partial charge is 0.573 e. The average molecular weight is 440 g/mol. The number of carbonyl (C=O) groups is 2. The summed E-state index contributed by atoms with van der Waals surface area (Å²) in [4.78, 5) is 27.7. The van der Waals surface area contributed by atoms with E-state index < -0.39 is 18.3 Å². The first kappa shape index (κ1) is 21.4. The molecule has 1 N–H and O–H groups in total. The molecule has 1 heterocycles. The summed E-state index contributed by atoms with van der Waals surface area (Å²) in [7, 11) is 0. The molecule has 1 atom stereocenters. The average Bonchev–Trinajstić information content (AvgIpc) is 3.09. The van der Waals surface area contributed by atoms with Crippen molar-refractivity contribution in [2.75, 3.05) is 5.32 Å². The second-order valence-electron chi connectivity index (χ2n) is 7.36. The Morgan fingerprint density at radius 3 is 2.28 bits per heavy atom. The molecule has 164 valence electrons. The van der Waals surface area contributed by atoms with E-state index in [4.69, 9.17) is 0 Å². The monoisotopic (exact) mass is 440 g/mol. The van der Waals surface area contributed by atoms with Gasteiger partial charge in [-0.3, -0.25) is 9.59 Å². The molecule has 5 nitrogen and oxygen atoms in total. The lowest BCUT2D eigenvalue weighted by Gasteiger charge is -2.27. The highest BCUT2D eigenvalue weighted by molar-refractivity contribution is 6.03. The summed E-state index contributed by atoms with van der Waals surface area (Å²) < 4.78 is 40.9. The number of nitrogens with zero attached hydrogens (tertiary/aromatic N) is 1. The van der Waals surface area contributed by atoms with Gasteiger partial charge in [0.15, 0.2) is 0 Å². The van der Waals surface area contributed by atoms with Crippen molar-refractivity contribution in [1.82, 2.24) is 4.90 Å². The molecule has 0 aromatic heterocycles. The third-order valence-corrected chi connectivity index (χ3v) is 5.16. The molecule has 0 aliphatic carbocycles. The number of ether oxygens (including phenoxy) is 1. The Hall–Kier alpha value is -3.81. The molecule has 2 amide bonds. The molecule has 0 bridgehead atoms. The van der Waals surface area contributed by atoms with Gasteiger partial charge < -0.3 is 15.0 Å². The van der Waals surface area contributed by atoms with Crippen LogP contribution in [0.4, 0.5) is 18.9 Å². The molecule has 3 aromatic rings. The molecule has 1 unspecified atom stereocenters. The van der Waals surface area contributed by atoms with Crippen LogP contribution in [0.25, 0.3) is 0 Å².